The molecule has 1 heterocycles. The number of nitrogens with one attached hydrogen (secondary N) is 1. The third kappa shape index (κ3) is 3.70. The van der Waals surface area contributed by atoms with Crippen LogP contribution >= 0.6 is 0 Å². The van der Waals surface area contributed by atoms with Crippen molar-refractivity contribution in [2.45, 2.75) is 19.5 Å². The Morgan fingerprint density at radius 1 is 0.857 bits per heavy atom. The van der Waals surface area contributed by atoms with E-state index >= 15 is 0 Å². The van der Waals surface area contributed by atoms with Gasteiger partial charge >= 0.3 is 0 Å². The highest BCUT2D eigenvalue weighted by Crippen LogP contribution is 2.21. The van der Waals surface area contributed by atoms with Gasteiger partial charge in [-0.3, -0.25) is 0 Å². The van der Waals surface area contributed by atoms with E-state index in [9.17, 15) is 0 Å². The maximum atomic E-state index is 4.45. The Hall–Kier alpha value is -3.31. The minimum Gasteiger partial charge on any atom is -0.321 e. The van der Waals surface area contributed by atoms with Crippen LogP contribution in [-0.4, -0.2) is 27.3 Å². The second kappa shape index (κ2) is 8.15. The maximum Gasteiger partial charge on any atom is 0.218 e. The van der Waals surface area contributed by atoms with E-state index < -0.39 is 0 Å². The van der Waals surface area contributed by atoms with Crippen molar-refractivity contribution in [3.05, 3.63) is 107 Å². The summed E-state index contributed by atoms with van der Waals surface area (Å²) in [5, 5.41) is 12.8. The lowest BCUT2D eigenvalue weighted by Gasteiger charge is -2.25. The third-order valence-corrected chi connectivity index (χ3v) is 5.05. The zero-order chi connectivity index (χ0) is 19.3. The van der Waals surface area contributed by atoms with Crippen LogP contribution < -0.4 is 4.90 Å². The van der Waals surface area contributed by atoms with Crippen LogP contribution in [0.4, 0.5) is 0 Å². The summed E-state index contributed by atoms with van der Waals surface area (Å²) < 4.78 is 1.88. The molecule has 0 aliphatic carbocycles. The Bertz CT molecular complexity index is 1030. The molecule has 3 aromatic carbocycles. The van der Waals surface area contributed by atoms with Crippen LogP contribution in [0.3, 0.4) is 0 Å². The van der Waals surface area contributed by atoms with Crippen LogP contribution in [0.2, 0.25) is 0 Å². The number of hydrogen-bond donors (Lipinski definition) is 1. The first kappa shape index (κ1) is 18.1. The topological polar surface area (TPSA) is 48.0 Å². The van der Waals surface area contributed by atoms with Crippen LogP contribution in [0.1, 0.15) is 28.6 Å². The summed E-state index contributed by atoms with van der Waals surface area (Å²) >= 11 is 0. The van der Waals surface area contributed by atoms with Crippen molar-refractivity contribution in [1.82, 2.24) is 20.2 Å². The first-order valence-electron chi connectivity index (χ1n) is 9.49. The normalized spacial score (nSPS) is 13.2. The molecule has 0 aliphatic rings. The molecule has 0 saturated heterocycles. The molecule has 1 N–H and O–H groups in total. The average molecular weight is 370 g/mol. The Balaban J connectivity index is 1.77. The highest BCUT2D eigenvalue weighted by molar-refractivity contribution is 5.40. The van der Waals surface area contributed by atoms with Gasteiger partial charge in [0.2, 0.25) is 5.82 Å². The van der Waals surface area contributed by atoms with E-state index in [-0.39, 0.29) is 6.04 Å². The Kier molecular flexibility index (Phi) is 5.26. The van der Waals surface area contributed by atoms with Crippen molar-refractivity contribution in [3.8, 4) is 5.69 Å². The maximum absolute atomic E-state index is 4.45. The first-order valence-corrected chi connectivity index (χ1v) is 9.49. The number of aromatic nitrogens is 4. The van der Waals surface area contributed by atoms with Gasteiger partial charge in [0.1, 0.15) is 6.54 Å². The Labute approximate surface area is 165 Å². The van der Waals surface area contributed by atoms with E-state index in [1.807, 2.05) is 28.9 Å². The molecule has 28 heavy (non-hydrogen) atoms. The fraction of sp³-hybridized carbons (Fsp3) is 0.174. The van der Waals surface area contributed by atoms with Gasteiger partial charge in [-0.05, 0) is 29.0 Å². The molecule has 0 saturated carbocycles. The molecule has 0 bridgehead atoms. The predicted octanol–water partition coefficient (Wildman–Crippen LogP) is 2.78. The predicted molar refractivity (Wildman–Crippen MR) is 109 cm³/mol. The lowest BCUT2D eigenvalue weighted by Crippen LogP contribution is -3.08. The number of tetrazole rings is 1. The number of nitrogens with zero attached hydrogens (tertiary/aromatic N) is 4. The summed E-state index contributed by atoms with van der Waals surface area (Å²) in [6.07, 6.45) is 0. The lowest BCUT2D eigenvalue weighted by molar-refractivity contribution is -0.920. The molecule has 1 unspecified atom stereocenters. The quantitative estimate of drug-likeness (QED) is 0.568. The van der Waals surface area contributed by atoms with E-state index in [0.29, 0.717) is 0 Å². The second-order valence-electron chi connectivity index (χ2n) is 7.09. The molecule has 0 radical (unpaired) electrons. The summed E-state index contributed by atoms with van der Waals surface area (Å²) in [4.78, 5) is 1.31. The third-order valence-electron chi connectivity index (χ3n) is 5.05. The zero-order valence-corrected chi connectivity index (χ0v) is 16.2. The number of para-hydroxylation sites is 1. The number of rotatable bonds is 6. The molecule has 140 valence electrons. The van der Waals surface area contributed by atoms with Gasteiger partial charge in [0.25, 0.3) is 0 Å². The highest BCUT2D eigenvalue weighted by atomic mass is 15.6. The molecular formula is C23H24N5+. The van der Waals surface area contributed by atoms with Crippen LogP contribution in [-0.2, 0) is 6.54 Å². The summed E-state index contributed by atoms with van der Waals surface area (Å²) in [6, 6.07) is 29.2. The Morgan fingerprint density at radius 2 is 1.50 bits per heavy atom. The van der Waals surface area contributed by atoms with Gasteiger partial charge in [0, 0.05) is 11.1 Å². The van der Waals surface area contributed by atoms with Gasteiger partial charge in [-0.15, -0.1) is 5.10 Å². The van der Waals surface area contributed by atoms with Gasteiger partial charge < -0.3 is 4.90 Å². The smallest absolute Gasteiger partial charge is 0.218 e. The lowest BCUT2D eigenvalue weighted by atomic mass is 10.0. The zero-order valence-electron chi connectivity index (χ0n) is 16.2. The number of aryl methyl sites for hydroxylation is 1. The summed E-state index contributed by atoms with van der Waals surface area (Å²) in [5.41, 5.74) is 4.64. The van der Waals surface area contributed by atoms with Crippen LogP contribution in [0.5, 0.6) is 0 Å². The summed E-state index contributed by atoms with van der Waals surface area (Å²) in [5.74, 6) is 0.842. The summed E-state index contributed by atoms with van der Waals surface area (Å²) in [6.45, 7) is 2.96. The van der Waals surface area contributed by atoms with Crippen LogP contribution in [0.15, 0.2) is 84.9 Å². The van der Waals surface area contributed by atoms with Crippen molar-refractivity contribution < 1.29 is 4.90 Å². The van der Waals surface area contributed by atoms with Crippen molar-refractivity contribution in [2.24, 2.45) is 0 Å². The molecule has 0 aliphatic heterocycles. The van der Waals surface area contributed by atoms with Crippen molar-refractivity contribution in [3.63, 3.8) is 0 Å². The molecule has 5 nitrogen and oxygen atoms in total. The SMILES string of the molecule is Cc1ccccc1-n1nnnc1[C@@H](c1ccccc1)[NH+](C)Cc1ccccc1. The van der Waals surface area contributed by atoms with Crippen molar-refractivity contribution >= 4 is 0 Å². The molecule has 4 rings (SSSR count). The van der Waals surface area contributed by atoms with E-state index in [1.165, 1.54) is 16.0 Å². The molecule has 5 heteroatoms. The molecule has 1 aromatic heterocycles. The summed E-state index contributed by atoms with van der Waals surface area (Å²) in [7, 11) is 2.20. The van der Waals surface area contributed by atoms with E-state index in [1.54, 1.807) is 0 Å². The number of benzene rings is 3. The number of hydrogen-bond acceptors (Lipinski definition) is 3. The van der Waals surface area contributed by atoms with E-state index in [4.69, 9.17) is 0 Å². The largest absolute Gasteiger partial charge is 0.321 e. The van der Waals surface area contributed by atoms with Gasteiger partial charge in [0.15, 0.2) is 6.04 Å². The van der Waals surface area contributed by atoms with Gasteiger partial charge in [-0.2, -0.15) is 4.68 Å². The van der Waals surface area contributed by atoms with Gasteiger partial charge in [-0.1, -0.05) is 78.9 Å². The molecule has 0 amide bonds. The second-order valence-corrected chi connectivity index (χ2v) is 7.09. The minimum atomic E-state index is 0.0102. The molecule has 0 spiro atoms. The van der Waals surface area contributed by atoms with Gasteiger partial charge in [0.05, 0.1) is 12.7 Å². The van der Waals surface area contributed by atoms with E-state index in [2.05, 4.69) is 90.2 Å². The van der Waals surface area contributed by atoms with Crippen molar-refractivity contribution in [1.29, 1.82) is 0 Å². The number of quaternary nitrogens is 1. The van der Waals surface area contributed by atoms with E-state index in [0.717, 1.165) is 23.6 Å². The standard InChI is InChI=1S/C23H23N5/c1-18-11-9-10-16-21(18)28-23(24-25-26-28)22(20-14-7-4-8-15-20)27(2)17-19-12-5-3-6-13-19/h3-16,22H,17H2,1-2H3/p+1/t22-/m1/s1. The van der Waals surface area contributed by atoms with Crippen LogP contribution in [0.25, 0.3) is 5.69 Å². The fourth-order valence-corrected chi connectivity index (χ4v) is 3.67. The Morgan fingerprint density at radius 3 is 2.21 bits per heavy atom. The monoisotopic (exact) mass is 370 g/mol. The van der Waals surface area contributed by atoms with Crippen LogP contribution in [0, 0.1) is 6.92 Å². The fourth-order valence-electron chi connectivity index (χ4n) is 3.67. The average Bonchev–Trinajstić information content (AvgIpc) is 3.19. The molecular weight excluding hydrogens is 346 g/mol. The van der Waals surface area contributed by atoms with Crippen molar-refractivity contribution in [2.75, 3.05) is 7.05 Å². The minimum absolute atomic E-state index is 0.0102. The molecule has 2 atom stereocenters. The highest BCUT2D eigenvalue weighted by Gasteiger charge is 2.30. The first-order chi connectivity index (χ1) is 13.7. The molecule has 4 aromatic rings. The van der Waals surface area contributed by atoms with Gasteiger partial charge in [-0.25, -0.2) is 0 Å². The molecule has 0 fully saturated rings.